The maximum Gasteiger partial charge on any atom is 0.126 e. The van der Waals surface area contributed by atoms with E-state index in [0.717, 1.165) is 29.3 Å². The smallest absolute Gasteiger partial charge is 0.126 e. The molecule has 2 rings (SSSR count). The van der Waals surface area contributed by atoms with Crippen molar-refractivity contribution in [1.29, 1.82) is 0 Å². The Labute approximate surface area is 116 Å². The second kappa shape index (κ2) is 6.11. The molecule has 0 fully saturated rings. The van der Waals surface area contributed by atoms with Crippen LogP contribution in [0.5, 0.6) is 0 Å². The van der Waals surface area contributed by atoms with E-state index in [2.05, 4.69) is 0 Å². The van der Waals surface area contributed by atoms with Crippen molar-refractivity contribution in [3.63, 3.8) is 0 Å². The molecule has 0 aliphatic carbocycles. The SMILES string of the molecule is Cc1ccc(C(CN)C(O)c2cc(F)cc(F)c2)cc1. The van der Waals surface area contributed by atoms with E-state index in [-0.39, 0.29) is 12.1 Å². The Hall–Kier alpha value is -1.78. The van der Waals surface area contributed by atoms with Gasteiger partial charge in [-0.25, -0.2) is 8.78 Å². The molecule has 0 radical (unpaired) electrons. The lowest BCUT2D eigenvalue weighted by atomic mass is 9.89. The zero-order chi connectivity index (χ0) is 14.7. The average molecular weight is 277 g/mol. The van der Waals surface area contributed by atoms with E-state index in [1.807, 2.05) is 31.2 Å². The topological polar surface area (TPSA) is 46.2 Å². The van der Waals surface area contributed by atoms with Gasteiger partial charge < -0.3 is 10.8 Å². The van der Waals surface area contributed by atoms with Crippen LogP contribution in [0.3, 0.4) is 0 Å². The Balaban J connectivity index is 2.33. The van der Waals surface area contributed by atoms with Crippen LogP contribution in [-0.2, 0) is 0 Å². The molecule has 4 heteroatoms. The number of aliphatic hydroxyl groups excluding tert-OH is 1. The lowest BCUT2D eigenvalue weighted by Crippen LogP contribution is -2.20. The normalized spacial score (nSPS) is 14.1. The number of aryl methyl sites for hydroxylation is 1. The van der Waals surface area contributed by atoms with Gasteiger partial charge >= 0.3 is 0 Å². The van der Waals surface area contributed by atoms with Crippen molar-refractivity contribution in [3.05, 3.63) is 70.8 Å². The van der Waals surface area contributed by atoms with E-state index in [0.29, 0.717) is 0 Å². The van der Waals surface area contributed by atoms with Gasteiger partial charge in [-0.15, -0.1) is 0 Å². The van der Waals surface area contributed by atoms with E-state index in [1.54, 1.807) is 0 Å². The Morgan fingerprint density at radius 1 is 1.00 bits per heavy atom. The average Bonchev–Trinajstić information content (AvgIpc) is 2.40. The monoisotopic (exact) mass is 277 g/mol. The summed E-state index contributed by atoms with van der Waals surface area (Å²) in [7, 11) is 0. The van der Waals surface area contributed by atoms with Gasteiger partial charge in [0.15, 0.2) is 0 Å². The quantitative estimate of drug-likeness (QED) is 0.902. The molecular formula is C16H17F2NO. The number of halogens is 2. The summed E-state index contributed by atoms with van der Waals surface area (Å²) in [5.74, 6) is -1.82. The van der Waals surface area contributed by atoms with Crippen LogP contribution in [0.4, 0.5) is 8.78 Å². The van der Waals surface area contributed by atoms with Crippen LogP contribution >= 0.6 is 0 Å². The molecule has 106 valence electrons. The van der Waals surface area contributed by atoms with Crippen molar-refractivity contribution < 1.29 is 13.9 Å². The van der Waals surface area contributed by atoms with Crippen molar-refractivity contribution in [3.8, 4) is 0 Å². The molecule has 2 nitrogen and oxygen atoms in total. The molecule has 0 amide bonds. The number of rotatable bonds is 4. The summed E-state index contributed by atoms with van der Waals surface area (Å²) in [4.78, 5) is 0. The largest absolute Gasteiger partial charge is 0.388 e. The highest BCUT2D eigenvalue weighted by Crippen LogP contribution is 2.31. The minimum atomic E-state index is -1.05. The molecular weight excluding hydrogens is 260 g/mol. The molecule has 0 bridgehead atoms. The first-order chi connectivity index (χ1) is 9.51. The van der Waals surface area contributed by atoms with Gasteiger partial charge in [0.25, 0.3) is 0 Å². The van der Waals surface area contributed by atoms with Crippen LogP contribution in [0.1, 0.15) is 28.7 Å². The maximum atomic E-state index is 13.2. The van der Waals surface area contributed by atoms with Crippen LogP contribution in [-0.4, -0.2) is 11.7 Å². The van der Waals surface area contributed by atoms with Crippen molar-refractivity contribution in [2.24, 2.45) is 5.73 Å². The fourth-order valence-corrected chi connectivity index (χ4v) is 2.24. The molecule has 0 saturated heterocycles. The third-order valence-corrected chi connectivity index (χ3v) is 3.37. The second-order valence-corrected chi connectivity index (χ2v) is 4.90. The summed E-state index contributed by atoms with van der Waals surface area (Å²) in [6.45, 7) is 2.14. The summed E-state index contributed by atoms with van der Waals surface area (Å²) in [6, 6.07) is 10.6. The number of nitrogens with two attached hydrogens (primary N) is 1. The van der Waals surface area contributed by atoms with Gasteiger partial charge in [-0.3, -0.25) is 0 Å². The fraction of sp³-hybridized carbons (Fsp3) is 0.250. The zero-order valence-electron chi connectivity index (χ0n) is 11.2. The predicted octanol–water partition coefficient (Wildman–Crippen LogP) is 3.05. The van der Waals surface area contributed by atoms with Gasteiger partial charge in [0.05, 0.1) is 6.10 Å². The molecule has 0 aliphatic rings. The van der Waals surface area contributed by atoms with Crippen LogP contribution in [0, 0.1) is 18.6 Å². The van der Waals surface area contributed by atoms with Gasteiger partial charge in [0.2, 0.25) is 0 Å². The van der Waals surface area contributed by atoms with Crippen LogP contribution in [0.25, 0.3) is 0 Å². The number of hydrogen-bond acceptors (Lipinski definition) is 2. The molecule has 2 aromatic carbocycles. The highest BCUT2D eigenvalue weighted by Gasteiger charge is 2.22. The van der Waals surface area contributed by atoms with Crippen molar-refractivity contribution >= 4 is 0 Å². The first kappa shape index (κ1) is 14.6. The first-order valence-electron chi connectivity index (χ1n) is 6.42. The first-order valence-corrected chi connectivity index (χ1v) is 6.42. The van der Waals surface area contributed by atoms with Crippen LogP contribution in [0.15, 0.2) is 42.5 Å². The van der Waals surface area contributed by atoms with Gasteiger partial charge in [0.1, 0.15) is 11.6 Å². The molecule has 2 unspecified atom stereocenters. The highest BCUT2D eigenvalue weighted by atomic mass is 19.1. The Morgan fingerprint density at radius 2 is 1.55 bits per heavy atom. The van der Waals surface area contributed by atoms with Gasteiger partial charge in [-0.2, -0.15) is 0 Å². The third kappa shape index (κ3) is 3.21. The summed E-state index contributed by atoms with van der Waals surface area (Å²) in [5.41, 5.74) is 7.84. The van der Waals surface area contributed by atoms with Crippen molar-refractivity contribution in [2.45, 2.75) is 18.9 Å². The molecule has 0 heterocycles. The standard InChI is InChI=1S/C16H17F2NO/c1-10-2-4-11(5-3-10)15(9-19)16(20)12-6-13(17)8-14(18)7-12/h2-8,15-16,20H,9,19H2,1H3. The highest BCUT2D eigenvalue weighted by molar-refractivity contribution is 5.30. The van der Waals surface area contributed by atoms with Crippen LogP contribution in [0.2, 0.25) is 0 Å². The minimum Gasteiger partial charge on any atom is -0.388 e. The number of aliphatic hydroxyl groups is 1. The summed E-state index contributed by atoms with van der Waals surface area (Å²) < 4.78 is 26.5. The summed E-state index contributed by atoms with van der Waals surface area (Å²) in [6.07, 6.45) is -1.05. The second-order valence-electron chi connectivity index (χ2n) is 4.90. The molecule has 0 aromatic heterocycles. The predicted molar refractivity (Wildman–Crippen MR) is 74.3 cm³/mol. The Kier molecular flexibility index (Phi) is 4.47. The van der Waals surface area contributed by atoms with Crippen LogP contribution < -0.4 is 5.73 Å². The molecule has 20 heavy (non-hydrogen) atoms. The van der Waals surface area contributed by atoms with Gasteiger partial charge in [-0.1, -0.05) is 29.8 Å². The third-order valence-electron chi connectivity index (χ3n) is 3.37. The van der Waals surface area contributed by atoms with E-state index >= 15 is 0 Å². The van der Waals surface area contributed by atoms with Crippen molar-refractivity contribution in [1.82, 2.24) is 0 Å². The van der Waals surface area contributed by atoms with Gasteiger partial charge in [-0.05, 0) is 30.2 Å². The molecule has 3 N–H and O–H groups in total. The van der Waals surface area contributed by atoms with E-state index < -0.39 is 23.7 Å². The summed E-state index contributed by atoms with van der Waals surface area (Å²) >= 11 is 0. The Morgan fingerprint density at radius 3 is 2.05 bits per heavy atom. The van der Waals surface area contributed by atoms with Crippen molar-refractivity contribution in [2.75, 3.05) is 6.54 Å². The van der Waals surface area contributed by atoms with E-state index in [4.69, 9.17) is 5.73 Å². The zero-order valence-corrected chi connectivity index (χ0v) is 11.2. The number of hydrogen-bond donors (Lipinski definition) is 2. The van der Waals surface area contributed by atoms with Gasteiger partial charge in [0, 0.05) is 18.5 Å². The molecule has 0 spiro atoms. The molecule has 0 saturated carbocycles. The number of benzene rings is 2. The molecule has 2 aromatic rings. The lowest BCUT2D eigenvalue weighted by molar-refractivity contribution is 0.146. The van der Waals surface area contributed by atoms with E-state index in [9.17, 15) is 13.9 Å². The Bertz CT molecular complexity index is 563. The minimum absolute atomic E-state index is 0.183. The molecule has 0 aliphatic heterocycles. The lowest BCUT2D eigenvalue weighted by Gasteiger charge is -2.22. The molecule has 2 atom stereocenters. The van der Waals surface area contributed by atoms with E-state index in [1.165, 1.54) is 0 Å². The summed E-state index contributed by atoms with van der Waals surface area (Å²) in [5, 5.41) is 10.3. The maximum absolute atomic E-state index is 13.2. The fourth-order valence-electron chi connectivity index (χ4n) is 2.24.